The average molecular weight is 225 g/mol. The lowest BCUT2D eigenvalue weighted by molar-refractivity contribution is 0.386. The van der Waals surface area contributed by atoms with Crippen molar-refractivity contribution in [2.45, 2.75) is 0 Å². The fourth-order valence-electron chi connectivity index (χ4n) is 1.50. The molecule has 0 aliphatic rings. The smallest absolute Gasteiger partial charge is 0.221 e. The molecule has 0 amide bonds. The van der Waals surface area contributed by atoms with Gasteiger partial charge >= 0.3 is 0 Å². The SMILES string of the molecule is COc1cc2c(OC)cnc(F)c2cc1F. The first kappa shape index (κ1) is 10.6. The molecule has 0 unspecified atom stereocenters. The fraction of sp³-hybridized carbons (Fsp3) is 0.182. The van der Waals surface area contributed by atoms with Crippen molar-refractivity contribution in [3.05, 3.63) is 30.1 Å². The standard InChI is InChI=1S/C11H9F2NO2/c1-15-9-4-6-7(3-8(9)12)11(13)14-5-10(6)16-2/h3-5H,1-2H3. The summed E-state index contributed by atoms with van der Waals surface area (Å²) in [6.07, 6.45) is 1.25. The largest absolute Gasteiger partial charge is 0.494 e. The van der Waals surface area contributed by atoms with Crippen LogP contribution in [0.5, 0.6) is 11.5 Å². The molecule has 0 fully saturated rings. The van der Waals surface area contributed by atoms with E-state index in [4.69, 9.17) is 9.47 Å². The van der Waals surface area contributed by atoms with Gasteiger partial charge in [-0.05, 0) is 12.1 Å². The highest BCUT2D eigenvalue weighted by Gasteiger charge is 2.12. The van der Waals surface area contributed by atoms with E-state index in [0.717, 1.165) is 6.07 Å². The van der Waals surface area contributed by atoms with Crippen molar-refractivity contribution in [1.82, 2.24) is 4.98 Å². The number of methoxy groups -OCH3 is 2. The van der Waals surface area contributed by atoms with E-state index in [1.807, 2.05) is 0 Å². The van der Waals surface area contributed by atoms with Crippen LogP contribution in [0.4, 0.5) is 8.78 Å². The Morgan fingerprint density at radius 2 is 1.69 bits per heavy atom. The Kier molecular flexibility index (Phi) is 2.60. The molecule has 0 saturated heterocycles. The predicted octanol–water partition coefficient (Wildman–Crippen LogP) is 2.53. The first-order valence-corrected chi connectivity index (χ1v) is 4.53. The van der Waals surface area contributed by atoms with Crippen molar-refractivity contribution >= 4 is 10.8 Å². The Morgan fingerprint density at radius 3 is 2.31 bits per heavy atom. The van der Waals surface area contributed by atoms with Crippen LogP contribution >= 0.6 is 0 Å². The van der Waals surface area contributed by atoms with E-state index in [0.29, 0.717) is 11.1 Å². The fourth-order valence-corrected chi connectivity index (χ4v) is 1.50. The summed E-state index contributed by atoms with van der Waals surface area (Å²) >= 11 is 0. The Bertz CT molecular complexity index is 543. The minimum atomic E-state index is -0.739. The van der Waals surface area contributed by atoms with Gasteiger partial charge < -0.3 is 9.47 Å². The summed E-state index contributed by atoms with van der Waals surface area (Å²) < 4.78 is 36.6. The number of fused-ring (bicyclic) bond motifs is 1. The number of hydrogen-bond acceptors (Lipinski definition) is 3. The van der Waals surface area contributed by atoms with Gasteiger partial charge in [0.05, 0.1) is 20.4 Å². The topological polar surface area (TPSA) is 31.4 Å². The molecule has 0 spiro atoms. The molecule has 3 nitrogen and oxygen atoms in total. The first-order valence-electron chi connectivity index (χ1n) is 4.53. The van der Waals surface area contributed by atoms with Crippen LogP contribution in [0.2, 0.25) is 0 Å². The van der Waals surface area contributed by atoms with Crippen LogP contribution in [0.1, 0.15) is 0 Å². The van der Waals surface area contributed by atoms with E-state index in [2.05, 4.69) is 4.98 Å². The third-order valence-corrected chi connectivity index (χ3v) is 2.29. The van der Waals surface area contributed by atoms with E-state index >= 15 is 0 Å². The number of ether oxygens (including phenoxy) is 2. The van der Waals surface area contributed by atoms with E-state index in [1.165, 1.54) is 26.5 Å². The van der Waals surface area contributed by atoms with Crippen molar-refractivity contribution in [3.8, 4) is 11.5 Å². The van der Waals surface area contributed by atoms with Gasteiger partial charge in [0.1, 0.15) is 5.75 Å². The zero-order valence-electron chi connectivity index (χ0n) is 8.75. The second-order valence-electron chi connectivity index (χ2n) is 3.15. The summed E-state index contributed by atoms with van der Waals surface area (Å²) in [5, 5.41) is 0.492. The monoisotopic (exact) mass is 225 g/mol. The molecular weight excluding hydrogens is 216 g/mol. The molecule has 2 aromatic rings. The number of benzene rings is 1. The van der Waals surface area contributed by atoms with Gasteiger partial charge in [-0.2, -0.15) is 4.39 Å². The molecule has 16 heavy (non-hydrogen) atoms. The highest BCUT2D eigenvalue weighted by molar-refractivity contribution is 5.89. The van der Waals surface area contributed by atoms with Crippen LogP contribution in [0.15, 0.2) is 18.3 Å². The number of halogens is 2. The molecule has 0 atom stereocenters. The predicted molar refractivity (Wildman–Crippen MR) is 54.8 cm³/mol. The van der Waals surface area contributed by atoms with E-state index < -0.39 is 11.8 Å². The van der Waals surface area contributed by atoms with Crippen molar-refractivity contribution in [3.63, 3.8) is 0 Å². The van der Waals surface area contributed by atoms with Crippen LogP contribution in [-0.2, 0) is 0 Å². The Hall–Kier alpha value is -1.91. The normalized spacial score (nSPS) is 10.5. The van der Waals surface area contributed by atoms with Crippen LogP contribution in [0.25, 0.3) is 10.8 Å². The zero-order valence-corrected chi connectivity index (χ0v) is 8.75. The zero-order chi connectivity index (χ0) is 11.7. The number of aromatic nitrogens is 1. The van der Waals surface area contributed by atoms with Gasteiger partial charge in [-0.3, -0.25) is 0 Å². The molecule has 1 aromatic heterocycles. The lowest BCUT2D eigenvalue weighted by Crippen LogP contribution is -1.94. The number of pyridine rings is 1. The van der Waals surface area contributed by atoms with Gasteiger partial charge in [-0.25, -0.2) is 9.37 Å². The summed E-state index contributed by atoms with van der Waals surface area (Å²) in [6.45, 7) is 0. The summed E-state index contributed by atoms with van der Waals surface area (Å²) in [4.78, 5) is 3.48. The Labute approximate surface area is 90.6 Å². The van der Waals surface area contributed by atoms with Crippen LogP contribution in [-0.4, -0.2) is 19.2 Å². The molecule has 0 N–H and O–H groups in total. The van der Waals surface area contributed by atoms with Crippen LogP contribution in [0.3, 0.4) is 0 Å². The number of nitrogens with zero attached hydrogens (tertiary/aromatic N) is 1. The Morgan fingerprint density at radius 1 is 1.00 bits per heavy atom. The van der Waals surface area contributed by atoms with Gasteiger partial charge in [0.15, 0.2) is 11.6 Å². The molecular formula is C11H9F2NO2. The molecule has 1 aromatic carbocycles. The minimum Gasteiger partial charge on any atom is -0.494 e. The molecule has 0 bridgehead atoms. The average Bonchev–Trinajstić information content (AvgIpc) is 2.30. The highest BCUT2D eigenvalue weighted by Crippen LogP contribution is 2.31. The molecule has 0 aliphatic heterocycles. The molecule has 1 heterocycles. The third-order valence-electron chi connectivity index (χ3n) is 2.29. The van der Waals surface area contributed by atoms with Gasteiger partial charge in [-0.15, -0.1) is 0 Å². The molecule has 2 rings (SSSR count). The van der Waals surface area contributed by atoms with Gasteiger partial charge in [0.25, 0.3) is 0 Å². The highest BCUT2D eigenvalue weighted by atomic mass is 19.1. The lowest BCUT2D eigenvalue weighted by Gasteiger charge is -2.08. The quantitative estimate of drug-likeness (QED) is 0.736. The molecule has 84 valence electrons. The lowest BCUT2D eigenvalue weighted by atomic mass is 10.1. The van der Waals surface area contributed by atoms with E-state index in [1.54, 1.807) is 0 Å². The van der Waals surface area contributed by atoms with Crippen molar-refractivity contribution in [2.75, 3.05) is 14.2 Å². The minimum absolute atomic E-state index is 0.0383. The van der Waals surface area contributed by atoms with Crippen molar-refractivity contribution in [2.24, 2.45) is 0 Å². The second kappa shape index (κ2) is 3.92. The first-order chi connectivity index (χ1) is 7.67. The maximum absolute atomic E-state index is 13.4. The van der Waals surface area contributed by atoms with Gasteiger partial charge in [0, 0.05) is 10.8 Å². The molecule has 0 saturated carbocycles. The van der Waals surface area contributed by atoms with Gasteiger partial charge in [-0.1, -0.05) is 0 Å². The van der Waals surface area contributed by atoms with Gasteiger partial charge in [0.2, 0.25) is 5.95 Å². The molecule has 5 heteroatoms. The second-order valence-corrected chi connectivity index (χ2v) is 3.15. The molecule has 0 aliphatic carbocycles. The third kappa shape index (κ3) is 1.54. The maximum atomic E-state index is 13.4. The summed E-state index contributed by atoms with van der Waals surface area (Å²) in [5.41, 5.74) is 0. The Balaban J connectivity index is 2.83. The molecule has 0 radical (unpaired) electrons. The van der Waals surface area contributed by atoms with Crippen LogP contribution < -0.4 is 9.47 Å². The van der Waals surface area contributed by atoms with Crippen LogP contribution in [0, 0.1) is 11.8 Å². The number of hydrogen-bond donors (Lipinski definition) is 0. The van der Waals surface area contributed by atoms with Crippen molar-refractivity contribution < 1.29 is 18.3 Å². The van der Waals surface area contributed by atoms with E-state index in [-0.39, 0.29) is 11.1 Å². The summed E-state index contributed by atoms with van der Waals surface area (Å²) in [6, 6.07) is 2.42. The van der Waals surface area contributed by atoms with E-state index in [9.17, 15) is 8.78 Å². The maximum Gasteiger partial charge on any atom is 0.221 e. The summed E-state index contributed by atoms with van der Waals surface area (Å²) in [5.74, 6) is -0.965. The number of rotatable bonds is 2. The van der Waals surface area contributed by atoms with Crippen molar-refractivity contribution in [1.29, 1.82) is 0 Å². The summed E-state index contributed by atoms with van der Waals surface area (Å²) in [7, 11) is 2.78.